The molecular weight excluding hydrogens is 348 g/mol. The molecule has 0 radical (unpaired) electrons. The lowest BCUT2D eigenvalue weighted by Gasteiger charge is -2.17. The maximum Gasteiger partial charge on any atom is 0.233 e. The standard InChI is InChI=1S/C16H20N2O4S2/c1-18(23(2,19)20)16-10-8-15(9-11-16)17-24(21,22)13-12-14-6-4-3-5-7-14/h3-11,17H,12-13H2,1-2H3. The summed E-state index contributed by atoms with van der Waals surface area (Å²) in [6.07, 6.45) is 1.53. The van der Waals surface area contributed by atoms with Gasteiger partial charge in [-0.2, -0.15) is 0 Å². The van der Waals surface area contributed by atoms with Crippen molar-refractivity contribution in [3.8, 4) is 0 Å². The van der Waals surface area contributed by atoms with Gasteiger partial charge in [0.1, 0.15) is 0 Å². The van der Waals surface area contributed by atoms with E-state index in [0.29, 0.717) is 17.8 Å². The zero-order valence-corrected chi connectivity index (χ0v) is 15.1. The molecule has 0 heterocycles. The highest BCUT2D eigenvalue weighted by Crippen LogP contribution is 2.19. The molecule has 0 amide bonds. The highest BCUT2D eigenvalue weighted by molar-refractivity contribution is 7.92. The lowest BCUT2D eigenvalue weighted by molar-refractivity contribution is 0.598. The van der Waals surface area contributed by atoms with Crippen molar-refractivity contribution in [3.05, 3.63) is 60.2 Å². The fourth-order valence-electron chi connectivity index (χ4n) is 2.06. The van der Waals surface area contributed by atoms with Crippen molar-refractivity contribution in [3.63, 3.8) is 0 Å². The molecule has 0 aliphatic heterocycles. The third-order valence-corrected chi connectivity index (χ3v) is 6.00. The van der Waals surface area contributed by atoms with Crippen LogP contribution in [0.1, 0.15) is 5.56 Å². The van der Waals surface area contributed by atoms with Crippen LogP contribution in [-0.2, 0) is 26.5 Å². The van der Waals surface area contributed by atoms with E-state index in [1.165, 1.54) is 19.2 Å². The van der Waals surface area contributed by atoms with Crippen LogP contribution >= 0.6 is 0 Å². The van der Waals surface area contributed by atoms with Crippen LogP contribution in [0.5, 0.6) is 0 Å². The van der Waals surface area contributed by atoms with Gasteiger partial charge >= 0.3 is 0 Å². The summed E-state index contributed by atoms with van der Waals surface area (Å²) in [5.74, 6) is -0.0258. The van der Waals surface area contributed by atoms with Gasteiger partial charge in [-0.3, -0.25) is 9.03 Å². The second kappa shape index (κ2) is 7.23. The number of rotatable bonds is 7. The first kappa shape index (κ1) is 18.3. The Morgan fingerprint density at radius 2 is 1.50 bits per heavy atom. The number of aryl methyl sites for hydroxylation is 1. The van der Waals surface area contributed by atoms with E-state index in [1.807, 2.05) is 30.3 Å². The van der Waals surface area contributed by atoms with E-state index in [2.05, 4.69) is 4.72 Å². The molecule has 0 spiro atoms. The Bertz CT molecular complexity index is 877. The Morgan fingerprint density at radius 3 is 2.04 bits per heavy atom. The van der Waals surface area contributed by atoms with Crippen LogP contribution in [0.15, 0.2) is 54.6 Å². The Kier molecular flexibility index (Phi) is 5.51. The van der Waals surface area contributed by atoms with Crippen molar-refractivity contribution in [1.29, 1.82) is 0 Å². The Hall–Kier alpha value is -2.06. The van der Waals surface area contributed by atoms with Crippen molar-refractivity contribution < 1.29 is 16.8 Å². The van der Waals surface area contributed by atoms with E-state index < -0.39 is 20.0 Å². The maximum atomic E-state index is 12.1. The summed E-state index contributed by atoms with van der Waals surface area (Å²) < 4.78 is 50.9. The van der Waals surface area contributed by atoms with Crippen molar-refractivity contribution in [2.45, 2.75) is 6.42 Å². The number of anilines is 2. The molecule has 0 aromatic heterocycles. The number of nitrogens with one attached hydrogen (secondary N) is 1. The molecule has 0 aliphatic rings. The monoisotopic (exact) mass is 368 g/mol. The average molecular weight is 368 g/mol. The molecule has 0 saturated heterocycles. The quantitative estimate of drug-likeness (QED) is 0.811. The van der Waals surface area contributed by atoms with Crippen LogP contribution in [0, 0.1) is 0 Å². The van der Waals surface area contributed by atoms with Crippen molar-refractivity contribution in [1.82, 2.24) is 0 Å². The number of hydrogen-bond donors (Lipinski definition) is 1. The third-order valence-electron chi connectivity index (χ3n) is 3.50. The Morgan fingerprint density at radius 1 is 0.917 bits per heavy atom. The number of hydrogen-bond acceptors (Lipinski definition) is 4. The summed E-state index contributed by atoms with van der Waals surface area (Å²) in [6.45, 7) is 0. The first-order valence-corrected chi connectivity index (χ1v) is 10.8. The van der Waals surface area contributed by atoms with E-state index in [4.69, 9.17) is 0 Å². The van der Waals surface area contributed by atoms with Gasteiger partial charge in [-0.15, -0.1) is 0 Å². The SMILES string of the molecule is CN(c1ccc(NS(=O)(=O)CCc2ccccc2)cc1)S(C)(=O)=O. The fraction of sp³-hybridized carbons (Fsp3) is 0.250. The average Bonchev–Trinajstić information content (AvgIpc) is 2.53. The van der Waals surface area contributed by atoms with E-state index in [-0.39, 0.29) is 5.75 Å². The van der Waals surface area contributed by atoms with Gasteiger partial charge in [0.25, 0.3) is 0 Å². The van der Waals surface area contributed by atoms with E-state index >= 15 is 0 Å². The lowest BCUT2D eigenvalue weighted by atomic mass is 10.2. The zero-order valence-electron chi connectivity index (χ0n) is 13.5. The van der Waals surface area contributed by atoms with E-state index in [9.17, 15) is 16.8 Å². The summed E-state index contributed by atoms with van der Waals surface area (Å²) in [4.78, 5) is 0. The predicted molar refractivity (Wildman–Crippen MR) is 97.2 cm³/mol. The highest BCUT2D eigenvalue weighted by Gasteiger charge is 2.13. The second-order valence-electron chi connectivity index (χ2n) is 5.43. The molecule has 2 aromatic carbocycles. The van der Waals surface area contributed by atoms with Gasteiger partial charge in [-0.1, -0.05) is 30.3 Å². The second-order valence-corrected chi connectivity index (χ2v) is 9.29. The van der Waals surface area contributed by atoms with Crippen LogP contribution in [0.4, 0.5) is 11.4 Å². The van der Waals surface area contributed by atoms with Gasteiger partial charge in [-0.05, 0) is 36.2 Å². The predicted octanol–water partition coefficient (Wildman–Crippen LogP) is 2.07. The first-order valence-electron chi connectivity index (χ1n) is 7.26. The van der Waals surface area contributed by atoms with Gasteiger partial charge < -0.3 is 0 Å². The van der Waals surface area contributed by atoms with Gasteiger partial charge in [0.15, 0.2) is 0 Å². The van der Waals surface area contributed by atoms with Crippen molar-refractivity contribution in [2.24, 2.45) is 0 Å². The molecule has 2 aromatic rings. The molecule has 0 atom stereocenters. The fourth-order valence-corrected chi connectivity index (χ4v) is 3.66. The maximum absolute atomic E-state index is 12.1. The largest absolute Gasteiger partial charge is 0.284 e. The Labute approximate surface area is 143 Å². The minimum absolute atomic E-state index is 0.0258. The topological polar surface area (TPSA) is 83.6 Å². The van der Waals surface area contributed by atoms with Crippen LogP contribution in [0.2, 0.25) is 0 Å². The normalized spacial score (nSPS) is 11.9. The van der Waals surface area contributed by atoms with Gasteiger partial charge in [-0.25, -0.2) is 16.8 Å². The van der Waals surface area contributed by atoms with Gasteiger partial charge in [0.2, 0.25) is 20.0 Å². The highest BCUT2D eigenvalue weighted by atomic mass is 32.2. The smallest absolute Gasteiger partial charge is 0.233 e. The molecule has 1 N–H and O–H groups in total. The number of nitrogens with zero attached hydrogens (tertiary/aromatic N) is 1. The van der Waals surface area contributed by atoms with Crippen LogP contribution < -0.4 is 9.03 Å². The number of sulfonamides is 2. The molecule has 0 fully saturated rings. The third kappa shape index (κ3) is 5.24. The minimum atomic E-state index is -3.48. The molecule has 0 saturated carbocycles. The molecule has 6 nitrogen and oxygen atoms in total. The van der Waals surface area contributed by atoms with Crippen molar-refractivity contribution >= 4 is 31.4 Å². The summed E-state index contributed by atoms with van der Waals surface area (Å²) >= 11 is 0. The van der Waals surface area contributed by atoms with E-state index in [1.54, 1.807) is 12.1 Å². The molecule has 2 rings (SSSR count). The summed E-state index contributed by atoms with van der Waals surface area (Å²) in [6, 6.07) is 15.6. The number of benzene rings is 2. The molecule has 0 aliphatic carbocycles. The van der Waals surface area contributed by atoms with Crippen LogP contribution in [0.3, 0.4) is 0 Å². The lowest BCUT2D eigenvalue weighted by Crippen LogP contribution is -2.24. The summed E-state index contributed by atoms with van der Waals surface area (Å²) in [5.41, 5.74) is 1.81. The molecule has 0 bridgehead atoms. The summed E-state index contributed by atoms with van der Waals surface area (Å²) in [5, 5.41) is 0. The molecule has 24 heavy (non-hydrogen) atoms. The molecule has 8 heteroatoms. The minimum Gasteiger partial charge on any atom is -0.284 e. The molecule has 0 unspecified atom stereocenters. The Balaban J connectivity index is 2.02. The first-order chi connectivity index (χ1) is 11.2. The molecule has 130 valence electrons. The van der Waals surface area contributed by atoms with Crippen molar-refractivity contribution in [2.75, 3.05) is 28.1 Å². The van der Waals surface area contributed by atoms with Gasteiger partial charge in [0.05, 0.1) is 17.7 Å². The van der Waals surface area contributed by atoms with Crippen LogP contribution in [0.25, 0.3) is 0 Å². The zero-order chi connectivity index (χ0) is 17.8. The van der Waals surface area contributed by atoms with Crippen LogP contribution in [-0.4, -0.2) is 35.9 Å². The summed E-state index contributed by atoms with van der Waals surface area (Å²) in [7, 11) is -5.39. The molecular formula is C16H20N2O4S2. The van der Waals surface area contributed by atoms with Gasteiger partial charge in [0, 0.05) is 12.7 Å². The van der Waals surface area contributed by atoms with E-state index in [0.717, 1.165) is 16.1 Å².